The normalized spacial score (nSPS) is 20.1. The highest BCUT2D eigenvalue weighted by Crippen LogP contribution is 2.41. The molecule has 1 fully saturated rings. The van der Waals surface area contributed by atoms with Gasteiger partial charge in [-0.2, -0.15) is 0 Å². The number of methoxy groups -OCH3 is 1. The largest absolute Gasteiger partial charge is 0.384 e. The summed E-state index contributed by atoms with van der Waals surface area (Å²) in [4.78, 5) is 0. The van der Waals surface area contributed by atoms with Crippen molar-refractivity contribution in [2.45, 2.75) is 31.1 Å². The predicted octanol–water partition coefficient (Wildman–Crippen LogP) is 1.72. The van der Waals surface area contributed by atoms with Crippen molar-refractivity contribution < 1.29 is 9.26 Å². The minimum atomic E-state index is 0.0515. The van der Waals surface area contributed by atoms with Gasteiger partial charge in [-0.25, -0.2) is 0 Å². The van der Waals surface area contributed by atoms with Crippen LogP contribution in [0.4, 0.5) is 5.88 Å². The summed E-state index contributed by atoms with van der Waals surface area (Å²) < 4.78 is 10.2. The van der Waals surface area contributed by atoms with Gasteiger partial charge in [-0.3, -0.25) is 0 Å². The molecule has 2 N–H and O–H groups in total. The fraction of sp³-hybridized carbons (Fsp3) is 0.700. The standard InChI is InChI=1S/C10H16N2O2/c1-13-7-10(4-2-3-5-10)8-6-9(11)14-12-8/h6H,2-5,7,11H2,1H3. The monoisotopic (exact) mass is 196 g/mol. The average Bonchev–Trinajstić information content (AvgIpc) is 2.75. The van der Waals surface area contributed by atoms with E-state index in [9.17, 15) is 0 Å². The van der Waals surface area contributed by atoms with Crippen LogP contribution in [0.1, 0.15) is 31.4 Å². The van der Waals surface area contributed by atoms with Gasteiger partial charge in [0, 0.05) is 18.6 Å². The fourth-order valence-electron chi connectivity index (χ4n) is 2.34. The fourth-order valence-corrected chi connectivity index (χ4v) is 2.34. The summed E-state index contributed by atoms with van der Waals surface area (Å²) in [7, 11) is 1.73. The SMILES string of the molecule is COCC1(c2cc(N)on2)CCCC1. The lowest BCUT2D eigenvalue weighted by Crippen LogP contribution is -2.28. The van der Waals surface area contributed by atoms with Crippen LogP contribution in [0, 0.1) is 0 Å². The first-order valence-corrected chi connectivity index (χ1v) is 4.98. The molecule has 1 heterocycles. The Morgan fingerprint density at radius 2 is 2.29 bits per heavy atom. The molecule has 0 atom stereocenters. The van der Waals surface area contributed by atoms with E-state index >= 15 is 0 Å². The van der Waals surface area contributed by atoms with Crippen LogP contribution in [-0.4, -0.2) is 18.9 Å². The topological polar surface area (TPSA) is 61.3 Å². The molecule has 0 amide bonds. The minimum Gasteiger partial charge on any atom is -0.384 e. The van der Waals surface area contributed by atoms with Crippen LogP contribution >= 0.6 is 0 Å². The molecule has 2 rings (SSSR count). The van der Waals surface area contributed by atoms with Gasteiger partial charge in [-0.1, -0.05) is 18.0 Å². The summed E-state index contributed by atoms with van der Waals surface area (Å²) >= 11 is 0. The van der Waals surface area contributed by atoms with E-state index in [0.29, 0.717) is 12.5 Å². The second-order valence-corrected chi connectivity index (χ2v) is 4.03. The molecule has 1 saturated carbocycles. The number of hydrogen-bond donors (Lipinski definition) is 1. The highest BCUT2D eigenvalue weighted by molar-refractivity contribution is 5.30. The van der Waals surface area contributed by atoms with E-state index in [0.717, 1.165) is 18.5 Å². The lowest BCUT2D eigenvalue weighted by atomic mass is 9.83. The van der Waals surface area contributed by atoms with Crippen molar-refractivity contribution in [2.75, 3.05) is 19.5 Å². The molecule has 4 nitrogen and oxygen atoms in total. The molecular weight excluding hydrogens is 180 g/mol. The highest BCUT2D eigenvalue weighted by Gasteiger charge is 2.38. The minimum absolute atomic E-state index is 0.0515. The maximum Gasteiger partial charge on any atom is 0.222 e. The number of nitrogens with two attached hydrogens (primary N) is 1. The van der Waals surface area contributed by atoms with Crippen LogP contribution < -0.4 is 5.73 Å². The lowest BCUT2D eigenvalue weighted by molar-refractivity contribution is 0.127. The summed E-state index contributed by atoms with van der Waals surface area (Å²) in [6.45, 7) is 0.707. The Morgan fingerprint density at radius 1 is 1.57 bits per heavy atom. The van der Waals surface area contributed by atoms with E-state index in [-0.39, 0.29) is 5.41 Å². The number of ether oxygens (including phenoxy) is 1. The van der Waals surface area contributed by atoms with Crippen molar-refractivity contribution in [2.24, 2.45) is 0 Å². The molecule has 0 spiro atoms. The summed E-state index contributed by atoms with van der Waals surface area (Å²) in [6.07, 6.45) is 4.70. The van der Waals surface area contributed by atoms with E-state index in [4.69, 9.17) is 15.0 Å². The molecule has 0 aromatic carbocycles. The molecule has 14 heavy (non-hydrogen) atoms. The molecular formula is C10H16N2O2. The van der Waals surface area contributed by atoms with Crippen LogP contribution in [0.25, 0.3) is 0 Å². The second kappa shape index (κ2) is 3.61. The molecule has 0 bridgehead atoms. The molecule has 1 aliphatic rings. The third-order valence-corrected chi connectivity index (χ3v) is 3.05. The Morgan fingerprint density at radius 3 is 2.79 bits per heavy atom. The van der Waals surface area contributed by atoms with E-state index in [1.807, 2.05) is 6.07 Å². The molecule has 0 aliphatic heterocycles. The summed E-state index contributed by atoms with van der Waals surface area (Å²) in [5.74, 6) is 0.391. The maximum atomic E-state index is 5.53. The quantitative estimate of drug-likeness (QED) is 0.799. The first-order valence-electron chi connectivity index (χ1n) is 4.98. The van der Waals surface area contributed by atoms with Gasteiger partial charge in [0.1, 0.15) is 0 Å². The molecule has 78 valence electrons. The van der Waals surface area contributed by atoms with E-state index < -0.39 is 0 Å². The van der Waals surface area contributed by atoms with Crippen molar-refractivity contribution in [3.63, 3.8) is 0 Å². The van der Waals surface area contributed by atoms with Crippen LogP contribution in [0.3, 0.4) is 0 Å². The van der Waals surface area contributed by atoms with Gasteiger partial charge in [-0.15, -0.1) is 0 Å². The Labute approximate surface area is 83.4 Å². The molecule has 0 radical (unpaired) electrons. The van der Waals surface area contributed by atoms with E-state index in [1.54, 1.807) is 7.11 Å². The maximum absolute atomic E-state index is 5.53. The summed E-state index contributed by atoms with van der Waals surface area (Å²) in [5, 5.41) is 4.01. The first-order chi connectivity index (χ1) is 6.77. The molecule has 0 saturated heterocycles. The Kier molecular flexibility index (Phi) is 2.46. The van der Waals surface area contributed by atoms with Crippen LogP contribution in [0.5, 0.6) is 0 Å². The van der Waals surface area contributed by atoms with Gasteiger partial charge in [-0.05, 0) is 12.8 Å². The lowest BCUT2D eigenvalue weighted by Gasteiger charge is -2.24. The van der Waals surface area contributed by atoms with Crippen molar-refractivity contribution in [1.29, 1.82) is 0 Å². The smallest absolute Gasteiger partial charge is 0.222 e. The zero-order valence-electron chi connectivity index (χ0n) is 8.45. The van der Waals surface area contributed by atoms with Gasteiger partial charge in [0.2, 0.25) is 5.88 Å². The van der Waals surface area contributed by atoms with Gasteiger partial charge in [0.05, 0.1) is 12.3 Å². The number of nitrogen functional groups attached to an aromatic ring is 1. The van der Waals surface area contributed by atoms with E-state index in [2.05, 4.69) is 5.16 Å². The van der Waals surface area contributed by atoms with Crippen molar-refractivity contribution in [3.05, 3.63) is 11.8 Å². The highest BCUT2D eigenvalue weighted by atomic mass is 16.5. The van der Waals surface area contributed by atoms with Crippen LogP contribution in [0.15, 0.2) is 10.6 Å². The van der Waals surface area contributed by atoms with Crippen molar-refractivity contribution >= 4 is 5.88 Å². The van der Waals surface area contributed by atoms with E-state index in [1.165, 1.54) is 12.8 Å². The number of aromatic nitrogens is 1. The van der Waals surface area contributed by atoms with Gasteiger partial charge in [0.15, 0.2) is 0 Å². The second-order valence-electron chi connectivity index (χ2n) is 4.03. The zero-order chi connectivity index (χ0) is 10.0. The molecule has 1 aromatic rings. The van der Waals surface area contributed by atoms with Gasteiger partial charge < -0.3 is 15.0 Å². The van der Waals surface area contributed by atoms with Gasteiger partial charge >= 0.3 is 0 Å². The predicted molar refractivity (Wildman–Crippen MR) is 52.9 cm³/mol. The third-order valence-electron chi connectivity index (χ3n) is 3.05. The van der Waals surface area contributed by atoms with Crippen molar-refractivity contribution in [1.82, 2.24) is 5.16 Å². The summed E-state index contributed by atoms with van der Waals surface area (Å²) in [5.41, 5.74) is 6.54. The third kappa shape index (κ3) is 1.50. The Bertz CT molecular complexity index is 303. The molecule has 1 aromatic heterocycles. The summed E-state index contributed by atoms with van der Waals surface area (Å²) in [6, 6.07) is 1.82. The number of rotatable bonds is 3. The molecule has 4 heteroatoms. The van der Waals surface area contributed by atoms with Crippen LogP contribution in [0.2, 0.25) is 0 Å². The molecule has 1 aliphatic carbocycles. The average molecular weight is 196 g/mol. The Hall–Kier alpha value is -1.03. The first kappa shape index (κ1) is 9.52. The number of nitrogens with zero attached hydrogens (tertiary/aromatic N) is 1. The number of anilines is 1. The molecule has 0 unspecified atom stereocenters. The zero-order valence-corrected chi connectivity index (χ0v) is 8.45. The van der Waals surface area contributed by atoms with Crippen molar-refractivity contribution in [3.8, 4) is 0 Å². The van der Waals surface area contributed by atoms with Crippen LogP contribution in [-0.2, 0) is 10.2 Å². The number of hydrogen-bond acceptors (Lipinski definition) is 4. The van der Waals surface area contributed by atoms with Gasteiger partial charge in [0.25, 0.3) is 0 Å². The Balaban J connectivity index is 2.26.